The predicted octanol–water partition coefficient (Wildman–Crippen LogP) is 6.63. The highest BCUT2D eigenvalue weighted by atomic mass is 79.9. The molecule has 4 rings (SSSR count). The lowest BCUT2D eigenvalue weighted by molar-refractivity contribution is 0.0964. The number of hydrogen-bond acceptors (Lipinski definition) is 5. The summed E-state index contributed by atoms with van der Waals surface area (Å²) in [6.07, 6.45) is 2.81. The molecule has 0 atom stereocenters. The van der Waals surface area contributed by atoms with E-state index in [-0.39, 0.29) is 43.5 Å². The summed E-state index contributed by atoms with van der Waals surface area (Å²) in [6.45, 7) is 1.66. The molecule has 0 aliphatic carbocycles. The van der Waals surface area contributed by atoms with Crippen molar-refractivity contribution in [2.75, 3.05) is 5.75 Å². The van der Waals surface area contributed by atoms with Crippen LogP contribution in [0.3, 0.4) is 0 Å². The molecule has 0 fully saturated rings. The van der Waals surface area contributed by atoms with Crippen molar-refractivity contribution in [3.8, 4) is 0 Å². The maximum Gasteiger partial charge on any atom is 0.266 e. The zero-order valence-electron chi connectivity index (χ0n) is 19.1. The van der Waals surface area contributed by atoms with Crippen LogP contribution in [0.4, 0.5) is 8.78 Å². The summed E-state index contributed by atoms with van der Waals surface area (Å²) in [4.78, 5) is 31.1. The number of pyridine rings is 1. The van der Waals surface area contributed by atoms with E-state index in [0.29, 0.717) is 10.9 Å². The molecular weight excluding hydrogens is 613 g/mol. The van der Waals surface area contributed by atoms with Gasteiger partial charge in [0.25, 0.3) is 5.91 Å². The number of carbonyl (C=O) groups excluding carboxylic acids is 2. The van der Waals surface area contributed by atoms with E-state index in [1.54, 1.807) is 13.0 Å². The predicted molar refractivity (Wildman–Crippen MR) is 141 cm³/mol. The molecule has 2 heterocycles. The average Bonchev–Trinajstić information content (AvgIpc) is 3.19. The highest BCUT2D eigenvalue weighted by Gasteiger charge is 2.29. The lowest BCUT2D eigenvalue weighted by Crippen LogP contribution is -2.14. The van der Waals surface area contributed by atoms with Gasteiger partial charge in [0.2, 0.25) is 5.78 Å². The Balaban J connectivity index is 1.89. The summed E-state index contributed by atoms with van der Waals surface area (Å²) in [5.41, 5.74) is -1.53. The van der Waals surface area contributed by atoms with Crippen LogP contribution in [0.15, 0.2) is 53.3 Å². The van der Waals surface area contributed by atoms with Crippen molar-refractivity contribution in [3.05, 3.63) is 97.2 Å². The Hall–Kier alpha value is -2.66. The van der Waals surface area contributed by atoms with Gasteiger partial charge < -0.3 is 0 Å². The third-order valence-electron chi connectivity index (χ3n) is 5.54. The zero-order chi connectivity index (χ0) is 27.1. The summed E-state index contributed by atoms with van der Waals surface area (Å²) < 4.78 is 56.2. The van der Waals surface area contributed by atoms with Crippen molar-refractivity contribution in [2.24, 2.45) is 0 Å². The van der Waals surface area contributed by atoms with Gasteiger partial charge in [0, 0.05) is 27.8 Å². The summed E-state index contributed by atoms with van der Waals surface area (Å²) >= 11 is 15.6. The lowest BCUT2D eigenvalue weighted by atomic mass is 10.0. The molecule has 0 radical (unpaired) electrons. The second-order valence-electron chi connectivity index (χ2n) is 8.16. The molecule has 0 spiro atoms. The first-order valence-corrected chi connectivity index (χ1v) is 14.2. The van der Waals surface area contributed by atoms with E-state index >= 15 is 4.39 Å². The van der Waals surface area contributed by atoms with Crippen molar-refractivity contribution in [1.82, 2.24) is 9.55 Å². The number of carbonyl (C=O) groups is 2. The molecule has 0 unspecified atom stereocenters. The Morgan fingerprint density at radius 2 is 1.76 bits per heavy atom. The molecule has 0 amide bonds. The van der Waals surface area contributed by atoms with E-state index in [9.17, 15) is 22.4 Å². The number of nitrogens with zero attached hydrogens (tertiary/aromatic N) is 2. The van der Waals surface area contributed by atoms with Gasteiger partial charge >= 0.3 is 0 Å². The van der Waals surface area contributed by atoms with Crippen LogP contribution in [0.25, 0.3) is 11.0 Å². The van der Waals surface area contributed by atoms with Crippen molar-refractivity contribution < 1.29 is 26.8 Å². The van der Waals surface area contributed by atoms with Crippen LogP contribution in [0.5, 0.6) is 0 Å². The lowest BCUT2D eigenvalue weighted by Gasteiger charge is -2.09. The standard InChI is InChI=1S/C25H17BrCl2F2N2O4S/c1-2-8-37(35,36)12-13-6-7-19(29)21(22(13)30)23(33)16-11-32(24-15(16)9-14(26)10-31-24)25(34)20-17(27)4-3-5-18(20)28/h3-7,9-11H,2,8,12H2,1H3. The molecule has 0 aliphatic rings. The Kier molecular flexibility index (Phi) is 7.85. The van der Waals surface area contributed by atoms with Gasteiger partial charge in [-0.15, -0.1) is 0 Å². The highest BCUT2D eigenvalue weighted by molar-refractivity contribution is 9.10. The molecular formula is C25H17BrCl2F2N2O4S. The number of ketones is 1. The minimum absolute atomic E-state index is 0.0232. The van der Waals surface area contributed by atoms with Crippen LogP contribution in [0.2, 0.25) is 10.0 Å². The topological polar surface area (TPSA) is 86.1 Å². The molecule has 192 valence electrons. The van der Waals surface area contributed by atoms with E-state index in [4.69, 9.17) is 23.2 Å². The minimum atomic E-state index is -3.68. The number of halogens is 5. The minimum Gasteiger partial charge on any atom is -0.288 e. The first kappa shape index (κ1) is 27.4. The highest BCUT2D eigenvalue weighted by Crippen LogP contribution is 2.31. The molecule has 0 bridgehead atoms. The van der Waals surface area contributed by atoms with Gasteiger partial charge in [-0.3, -0.25) is 14.2 Å². The van der Waals surface area contributed by atoms with E-state index in [2.05, 4.69) is 20.9 Å². The SMILES string of the molecule is CCCS(=O)(=O)Cc1ccc(F)c(C(=O)c2cn(C(=O)c3c(Cl)cccc3Cl)c3ncc(Br)cc23)c1F. The molecule has 0 N–H and O–H groups in total. The average molecular weight is 630 g/mol. The molecule has 0 saturated heterocycles. The number of hydrogen-bond donors (Lipinski definition) is 0. The fourth-order valence-electron chi connectivity index (χ4n) is 3.91. The van der Waals surface area contributed by atoms with Gasteiger partial charge in [-0.25, -0.2) is 22.2 Å². The van der Waals surface area contributed by atoms with Gasteiger partial charge in [0.1, 0.15) is 17.3 Å². The van der Waals surface area contributed by atoms with Crippen LogP contribution in [-0.4, -0.2) is 35.4 Å². The van der Waals surface area contributed by atoms with Crippen molar-refractivity contribution in [3.63, 3.8) is 0 Å². The van der Waals surface area contributed by atoms with E-state index < -0.39 is 44.5 Å². The molecule has 37 heavy (non-hydrogen) atoms. The molecule has 2 aromatic carbocycles. The number of aromatic nitrogens is 2. The van der Waals surface area contributed by atoms with Crippen LogP contribution < -0.4 is 0 Å². The van der Waals surface area contributed by atoms with Gasteiger partial charge in [-0.2, -0.15) is 0 Å². The second kappa shape index (κ2) is 10.6. The van der Waals surface area contributed by atoms with Crippen molar-refractivity contribution in [2.45, 2.75) is 19.1 Å². The molecule has 0 saturated carbocycles. The Morgan fingerprint density at radius 3 is 2.41 bits per heavy atom. The van der Waals surface area contributed by atoms with Crippen molar-refractivity contribution >= 4 is 71.7 Å². The number of sulfone groups is 1. The molecule has 12 heteroatoms. The zero-order valence-corrected chi connectivity index (χ0v) is 23.0. The van der Waals surface area contributed by atoms with Gasteiger partial charge in [0.15, 0.2) is 9.84 Å². The molecule has 0 aliphatic heterocycles. The molecule has 4 aromatic rings. The smallest absolute Gasteiger partial charge is 0.266 e. The molecule has 2 aromatic heterocycles. The van der Waals surface area contributed by atoms with Crippen LogP contribution in [0.1, 0.15) is 45.2 Å². The second-order valence-corrected chi connectivity index (χ2v) is 12.1. The summed E-state index contributed by atoms with van der Waals surface area (Å²) in [5.74, 6) is -5.14. The third-order valence-corrected chi connectivity index (χ3v) is 8.38. The Morgan fingerprint density at radius 1 is 1.08 bits per heavy atom. The number of fused-ring (bicyclic) bond motifs is 1. The van der Waals surface area contributed by atoms with Gasteiger partial charge in [-0.05, 0) is 46.6 Å². The fraction of sp³-hybridized carbons (Fsp3) is 0.160. The third kappa shape index (κ3) is 5.34. The Labute approximate surface area is 229 Å². The van der Waals surface area contributed by atoms with Crippen LogP contribution in [-0.2, 0) is 15.6 Å². The van der Waals surface area contributed by atoms with Crippen LogP contribution in [0, 0.1) is 11.6 Å². The van der Waals surface area contributed by atoms with E-state index in [0.717, 1.165) is 22.9 Å². The monoisotopic (exact) mass is 628 g/mol. The summed E-state index contributed by atoms with van der Waals surface area (Å²) in [5, 5.41) is 0.239. The quantitative estimate of drug-likeness (QED) is 0.214. The fourth-order valence-corrected chi connectivity index (χ4v) is 6.26. The summed E-state index contributed by atoms with van der Waals surface area (Å²) in [7, 11) is -3.68. The largest absolute Gasteiger partial charge is 0.288 e. The maximum absolute atomic E-state index is 15.4. The van der Waals surface area contributed by atoms with Crippen molar-refractivity contribution in [1.29, 1.82) is 0 Å². The number of benzene rings is 2. The normalized spacial score (nSPS) is 11.7. The maximum atomic E-state index is 15.4. The first-order chi connectivity index (χ1) is 17.4. The first-order valence-electron chi connectivity index (χ1n) is 10.8. The Bertz CT molecular complexity index is 1670. The van der Waals surface area contributed by atoms with E-state index in [1.165, 1.54) is 24.4 Å². The number of rotatable bonds is 7. The molecule has 6 nitrogen and oxygen atoms in total. The van der Waals surface area contributed by atoms with E-state index in [1.807, 2.05) is 0 Å². The van der Waals surface area contributed by atoms with Gasteiger partial charge in [0.05, 0.1) is 38.2 Å². The van der Waals surface area contributed by atoms with Gasteiger partial charge in [-0.1, -0.05) is 42.3 Å². The van der Waals surface area contributed by atoms with Crippen LogP contribution >= 0.6 is 39.1 Å². The summed E-state index contributed by atoms with van der Waals surface area (Å²) in [6, 6.07) is 7.79.